The quantitative estimate of drug-likeness (QED) is 0.718. The maximum atomic E-state index is 11.8. The summed E-state index contributed by atoms with van der Waals surface area (Å²) in [6, 6.07) is 0. The Hall–Kier alpha value is -0.570. The molecule has 1 aliphatic heterocycles. The Kier molecular flexibility index (Phi) is 3.06. The van der Waals surface area contributed by atoms with E-state index in [1.165, 1.54) is 6.42 Å². The van der Waals surface area contributed by atoms with E-state index in [0.717, 1.165) is 38.8 Å². The van der Waals surface area contributed by atoms with Gasteiger partial charge in [-0.15, -0.1) is 0 Å². The van der Waals surface area contributed by atoms with Crippen LogP contribution in [0.1, 0.15) is 32.1 Å². The first-order chi connectivity index (χ1) is 6.81. The zero-order valence-electron chi connectivity index (χ0n) is 8.61. The molecule has 3 nitrogen and oxygen atoms in total. The monoisotopic (exact) mass is 197 g/mol. The number of hydrogen-bond donors (Lipinski definition) is 1. The van der Waals surface area contributed by atoms with Crippen LogP contribution in [0.2, 0.25) is 0 Å². The molecule has 1 saturated carbocycles. The van der Waals surface area contributed by atoms with Crippen molar-refractivity contribution in [3.63, 3.8) is 0 Å². The second-order valence-corrected chi connectivity index (χ2v) is 4.58. The average molecular weight is 197 g/mol. The number of rotatable bonds is 2. The molecule has 2 rings (SSSR count). The van der Waals surface area contributed by atoms with Gasteiger partial charge in [0.25, 0.3) is 0 Å². The van der Waals surface area contributed by atoms with Crippen molar-refractivity contribution < 1.29 is 9.90 Å². The van der Waals surface area contributed by atoms with Crippen molar-refractivity contribution in [3.05, 3.63) is 0 Å². The molecule has 0 aromatic carbocycles. The van der Waals surface area contributed by atoms with Crippen molar-refractivity contribution in [1.82, 2.24) is 4.90 Å². The Labute approximate surface area is 85.1 Å². The molecule has 0 aromatic rings. The van der Waals surface area contributed by atoms with Gasteiger partial charge < -0.3 is 10.0 Å². The Balaban J connectivity index is 1.79. The van der Waals surface area contributed by atoms with Gasteiger partial charge in [-0.05, 0) is 31.6 Å². The van der Waals surface area contributed by atoms with Gasteiger partial charge in [0.1, 0.15) is 0 Å². The molecule has 0 bridgehead atoms. The molecule has 0 aromatic heterocycles. The number of aliphatic hydroxyl groups is 1. The van der Waals surface area contributed by atoms with Gasteiger partial charge in [-0.1, -0.05) is 6.42 Å². The highest BCUT2D eigenvalue weighted by molar-refractivity contribution is 5.79. The van der Waals surface area contributed by atoms with Crippen LogP contribution in [0.25, 0.3) is 0 Å². The van der Waals surface area contributed by atoms with Crippen LogP contribution in [-0.4, -0.2) is 35.6 Å². The van der Waals surface area contributed by atoms with E-state index in [1.54, 1.807) is 0 Å². The predicted octanol–water partition coefficient (Wildman–Crippen LogP) is 1.02. The van der Waals surface area contributed by atoms with Crippen molar-refractivity contribution in [3.8, 4) is 0 Å². The normalized spacial score (nSPS) is 24.8. The van der Waals surface area contributed by atoms with Crippen LogP contribution in [0.3, 0.4) is 0 Å². The van der Waals surface area contributed by atoms with Crippen LogP contribution in [-0.2, 0) is 4.79 Å². The van der Waals surface area contributed by atoms with Crippen LogP contribution in [0.4, 0.5) is 0 Å². The summed E-state index contributed by atoms with van der Waals surface area (Å²) < 4.78 is 0. The molecule has 2 fully saturated rings. The number of nitrogens with zero attached hydrogens (tertiary/aromatic N) is 1. The zero-order chi connectivity index (χ0) is 9.97. The maximum Gasteiger partial charge on any atom is 0.225 e. The fraction of sp³-hybridized carbons (Fsp3) is 0.909. The lowest BCUT2D eigenvalue weighted by molar-refractivity contribution is -0.139. The predicted molar refractivity (Wildman–Crippen MR) is 53.7 cm³/mol. The molecule has 0 unspecified atom stereocenters. The third-order valence-corrected chi connectivity index (χ3v) is 3.64. The van der Waals surface area contributed by atoms with Crippen LogP contribution in [0.15, 0.2) is 0 Å². The van der Waals surface area contributed by atoms with Gasteiger partial charge in [0, 0.05) is 25.6 Å². The van der Waals surface area contributed by atoms with Crippen molar-refractivity contribution >= 4 is 5.91 Å². The molecule has 3 heteroatoms. The number of aliphatic hydroxyl groups excluding tert-OH is 1. The summed E-state index contributed by atoms with van der Waals surface area (Å²) in [5.74, 6) is 1.13. The third kappa shape index (κ3) is 1.92. The zero-order valence-corrected chi connectivity index (χ0v) is 8.61. The smallest absolute Gasteiger partial charge is 0.225 e. The Morgan fingerprint density at radius 3 is 2.29 bits per heavy atom. The minimum Gasteiger partial charge on any atom is -0.396 e. The van der Waals surface area contributed by atoms with Crippen molar-refractivity contribution in [2.45, 2.75) is 32.1 Å². The molecule has 14 heavy (non-hydrogen) atoms. The van der Waals surface area contributed by atoms with Gasteiger partial charge in [-0.25, -0.2) is 0 Å². The molecule has 1 N–H and O–H groups in total. The number of carbonyl (C=O) groups excluding carboxylic acids is 1. The number of carbonyl (C=O) groups is 1. The molecule has 2 aliphatic rings. The first-order valence-corrected chi connectivity index (χ1v) is 5.71. The van der Waals surface area contributed by atoms with Gasteiger partial charge >= 0.3 is 0 Å². The van der Waals surface area contributed by atoms with E-state index >= 15 is 0 Å². The van der Waals surface area contributed by atoms with Gasteiger partial charge in [0.15, 0.2) is 0 Å². The second kappa shape index (κ2) is 4.30. The largest absolute Gasteiger partial charge is 0.396 e. The lowest BCUT2D eigenvalue weighted by atomic mass is 9.83. The van der Waals surface area contributed by atoms with E-state index in [0.29, 0.717) is 17.7 Å². The summed E-state index contributed by atoms with van der Waals surface area (Å²) in [4.78, 5) is 13.8. The Morgan fingerprint density at radius 2 is 1.86 bits per heavy atom. The Bertz CT molecular complexity index is 205. The van der Waals surface area contributed by atoms with Gasteiger partial charge in [0.05, 0.1) is 0 Å². The SMILES string of the molecule is O=C(C1CCC1)N1CCC(CO)CC1. The highest BCUT2D eigenvalue weighted by Gasteiger charge is 2.31. The molecule has 0 spiro atoms. The molecule has 1 heterocycles. The average Bonchev–Trinajstić information content (AvgIpc) is 2.15. The van der Waals surface area contributed by atoms with E-state index in [2.05, 4.69) is 0 Å². The second-order valence-electron chi connectivity index (χ2n) is 4.58. The number of hydrogen-bond acceptors (Lipinski definition) is 2. The summed E-state index contributed by atoms with van der Waals surface area (Å²) in [7, 11) is 0. The van der Waals surface area contributed by atoms with E-state index in [9.17, 15) is 4.79 Å². The van der Waals surface area contributed by atoms with Gasteiger partial charge in [-0.3, -0.25) is 4.79 Å². The molecule has 1 saturated heterocycles. The van der Waals surface area contributed by atoms with E-state index in [4.69, 9.17) is 5.11 Å². The van der Waals surface area contributed by atoms with Crippen LogP contribution in [0, 0.1) is 11.8 Å². The van der Waals surface area contributed by atoms with Gasteiger partial charge in [-0.2, -0.15) is 0 Å². The van der Waals surface area contributed by atoms with E-state index in [-0.39, 0.29) is 6.61 Å². The maximum absolute atomic E-state index is 11.8. The minimum absolute atomic E-state index is 0.283. The molecule has 0 radical (unpaired) electrons. The van der Waals surface area contributed by atoms with Crippen LogP contribution < -0.4 is 0 Å². The molecule has 1 amide bonds. The van der Waals surface area contributed by atoms with E-state index in [1.807, 2.05) is 4.90 Å². The fourth-order valence-electron chi connectivity index (χ4n) is 2.25. The lowest BCUT2D eigenvalue weighted by Crippen LogP contribution is -2.43. The highest BCUT2D eigenvalue weighted by Crippen LogP contribution is 2.29. The summed E-state index contributed by atoms with van der Waals surface area (Å²) in [5, 5.41) is 8.98. The molecule has 1 aliphatic carbocycles. The first kappa shape index (κ1) is 9.97. The molecule has 0 atom stereocenters. The third-order valence-electron chi connectivity index (χ3n) is 3.64. The first-order valence-electron chi connectivity index (χ1n) is 5.71. The van der Waals surface area contributed by atoms with Gasteiger partial charge in [0.2, 0.25) is 5.91 Å². The van der Waals surface area contributed by atoms with Crippen LogP contribution >= 0.6 is 0 Å². The molecular formula is C11H19NO2. The number of amides is 1. The topological polar surface area (TPSA) is 40.5 Å². The van der Waals surface area contributed by atoms with E-state index < -0.39 is 0 Å². The van der Waals surface area contributed by atoms with Crippen molar-refractivity contribution in [2.75, 3.05) is 19.7 Å². The minimum atomic E-state index is 0.283. The molecular weight excluding hydrogens is 178 g/mol. The Morgan fingerprint density at radius 1 is 1.21 bits per heavy atom. The summed E-state index contributed by atoms with van der Waals surface area (Å²) in [5.41, 5.74) is 0. The lowest BCUT2D eigenvalue weighted by Gasteiger charge is -2.36. The summed E-state index contributed by atoms with van der Waals surface area (Å²) >= 11 is 0. The van der Waals surface area contributed by atoms with Crippen molar-refractivity contribution in [1.29, 1.82) is 0 Å². The number of piperidine rings is 1. The molecule has 80 valence electrons. The summed E-state index contributed by atoms with van der Waals surface area (Å²) in [6.45, 7) is 2.01. The fourth-order valence-corrected chi connectivity index (χ4v) is 2.25. The van der Waals surface area contributed by atoms with Crippen LogP contribution in [0.5, 0.6) is 0 Å². The number of likely N-dealkylation sites (tertiary alicyclic amines) is 1. The standard InChI is InChI=1S/C11H19NO2/c13-8-9-4-6-12(7-5-9)11(14)10-2-1-3-10/h9-10,13H,1-8H2. The van der Waals surface area contributed by atoms with Crippen molar-refractivity contribution in [2.24, 2.45) is 11.8 Å². The summed E-state index contributed by atoms with van der Waals surface area (Å²) in [6.07, 6.45) is 5.38. The highest BCUT2D eigenvalue weighted by atomic mass is 16.3.